The second kappa shape index (κ2) is 5.91. The first-order chi connectivity index (χ1) is 9.19. The number of benzene rings is 1. The predicted molar refractivity (Wildman–Crippen MR) is 73.2 cm³/mol. The Balaban J connectivity index is 2.14. The molecule has 0 aliphatic rings. The molecule has 4 heteroatoms. The predicted octanol–water partition coefficient (Wildman–Crippen LogP) is 2.64. The molecule has 19 heavy (non-hydrogen) atoms. The van der Waals surface area contributed by atoms with Crippen LogP contribution in [0.15, 0.2) is 48.7 Å². The van der Waals surface area contributed by atoms with E-state index in [4.69, 9.17) is 9.84 Å². The first-order valence-electron chi connectivity index (χ1n) is 5.88. The highest BCUT2D eigenvalue weighted by atomic mass is 16.5. The highest BCUT2D eigenvalue weighted by Gasteiger charge is 2.00. The van der Waals surface area contributed by atoms with Gasteiger partial charge in [-0.25, -0.2) is 4.79 Å². The molecule has 1 N–H and O–H groups in total. The summed E-state index contributed by atoms with van der Waals surface area (Å²) in [6.07, 6.45) is 4.65. The summed E-state index contributed by atoms with van der Waals surface area (Å²) < 4.78 is 7.10. The summed E-state index contributed by atoms with van der Waals surface area (Å²) in [7, 11) is 1.63. The number of hydrogen-bond donors (Lipinski definition) is 1. The monoisotopic (exact) mass is 257 g/mol. The lowest BCUT2D eigenvalue weighted by Gasteiger charge is -2.07. The lowest BCUT2D eigenvalue weighted by Crippen LogP contribution is -2.00. The molecule has 0 spiro atoms. The number of carboxylic acid groups (broad SMARTS) is 1. The zero-order valence-corrected chi connectivity index (χ0v) is 10.6. The number of carbonyl (C=O) groups is 1. The molecule has 98 valence electrons. The Hall–Kier alpha value is -2.49. The normalized spacial score (nSPS) is 10.8. The van der Waals surface area contributed by atoms with Crippen LogP contribution in [0.5, 0.6) is 5.75 Å². The van der Waals surface area contributed by atoms with E-state index in [1.54, 1.807) is 13.2 Å². The Morgan fingerprint density at radius 1 is 1.32 bits per heavy atom. The third-order valence-electron chi connectivity index (χ3n) is 2.77. The number of aromatic nitrogens is 1. The highest BCUT2D eigenvalue weighted by molar-refractivity contribution is 5.84. The summed E-state index contributed by atoms with van der Waals surface area (Å²) in [6, 6.07) is 11.6. The fraction of sp³-hybridized carbons (Fsp3) is 0.133. The quantitative estimate of drug-likeness (QED) is 0.838. The van der Waals surface area contributed by atoms with Gasteiger partial charge in [0.25, 0.3) is 0 Å². The summed E-state index contributed by atoms with van der Waals surface area (Å²) in [4.78, 5) is 10.5. The van der Waals surface area contributed by atoms with Crippen LogP contribution >= 0.6 is 0 Å². The van der Waals surface area contributed by atoms with Crippen LogP contribution in [-0.4, -0.2) is 22.8 Å². The molecule has 0 fully saturated rings. The van der Waals surface area contributed by atoms with Gasteiger partial charge in [0.1, 0.15) is 5.75 Å². The van der Waals surface area contributed by atoms with Crippen molar-refractivity contribution in [1.29, 1.82) is 0 Å². The fourth-order valence-electron chi connectivity index (χ4n) is 1.81. The minimum Gasteiger partial charge on any atom is -0.497 e. The molecule has 1 heterocycles. The molecular weight excluding hydrogens is 242 g/mol. The van der Waals surface area contributed by atoms with Crippen molar-refractivity contribution in [1.82, 2.24) is 4.57 Å². The smallest absolute Gasteiger partial charge is 0.328 e. The second-order valence-electron chi connectivity index (χ2n) is 4.08. The maximum Gasteiger partial charge on any atom is 0.328 e. The Kier molecular flexibility index (Phi) is 4.03. The first-order valence-corrected chi connectivity index (χ1v) is 5.88. The molecule has 0 radical (unpaired) electrons. The van der Waals surface area contributed by atoms with Crippen molar-refractivity contribution in [2.24, 2.45) is 0 Å². The Labute approximate surface area is 111 Å². The largest absolute Gasteiger partial charge is 0.497 e. The van der Waals surface area contributed by atoms with Crippen LogP contribution in [0.2, 0.25) is 0 Å². The average Bonchev–Trinajstić information content (AvgIpc) is 2.84. The highest BCUT2D eigenvalue weighted by Crippen LogP contribution is 2.14. The summed E-state index contributed by atoms with van der Waals surface area (Å²) in [6.45, 7) is 0.691. The van der Waals surface area contributed by atoms with E-state index >= 15 is 0 Å². The molecule has 2 aromatic rings. The van der Waals surface area contributed by atoms with E-state index in [1.165, 1.54) is 0 Å². The topological polar surface area (TPSA) is 51.5 Å². The number of hydrogen-bond acceptors (Lipinski definition) is 2. The first kappa shape index (κ1) is 13.0. The van der Waals surface area contributed by atoms with Crippen LogP contribution in [0, 0.1) is 0 Å². The third-order valence-corrected chi connectivity index (χ3v) is 2.77. The van der Waals surface area contributed by atoms with Crippen molar-refractivity contribution in [2.75, 3.05) is 7.11 Å². The molecule has 0 atom stereocenters. The third kappa shape index (κ3) is 3.48. The number of aliphatic carboxylic acids is 1. The molecular formula is C15H15NO3. The van der Waals surface area contributed by atoms with Crippen molar-refractivity contribution in [2.45, 2.75) is 6.54 Å². The Bertz CT molecular complexity index is 582. The molecule has 2 rings (SSSR count). The van der Waals surface area contributed by atoms with Gasteiger partial charge in [-0.05, 0) is 35.9 Å². The number of methoxy groups -OCH3 is 1. The standard InChI is InChI=1S/C15H15NO3/c1-19-14-7-4-12(5-8-14)11-16-10-2-3-13(16)6-9-15(17)18/h2-10H,11H2,1H3,(H,17,18). The van der Waals surface area contributed by atoms with Crippen LogP contribution in [0.25, 0.3) is 6.08 Å². The zero-order valence-electron chi connectivity index (χ0n) is 10.6. The van der Waals surface area contributed by atoms with E-state index in [0.717, 1.165) is 23.1 Å². The van der Waals surface area contributed by atoms with E-state index in [1.807, 2.05) is 47.2 Å². The number of ether oxygens (including phenoxy) is 1. The van der Waals surface area contributed by atoms with Crippen LogP contribution in [0.1, 0.15) is 11.3 Å². The Morgan fingerprint density at radius 2 is 2.05 bits per heavy atom. The van der Waals surface area contributed by atoms with Gasteiger partial charge in [-0.1, -0.05) is 12.1 Å². The molecule has 0 aliphatic carbocycles. The fourth-order valence-corrected chi connectivity index (χ4v) is 1.81. The number of carboxylic acids is 1. The molecule has 1 aromatic heterocycles. The molecule has 0 saturated carbocycles. The summed E-state index contributed by atoms with van der Waals surface area (Å²) in [5.41, 5.74) is 1.99. The molecule has 1 aromatic carbocycles. The van der Waals surface area contributed by atoms with E-state index < -0.39 is 5.97 Å². The summed E-state index contributed by atoms with van der Waals surface area (Å²) in [5, 5.41) is 8.64. The maximum atomic E-state index is 10.5. The van der Waals surface area contributed by atoms with Gasteiger partial charge >= 0.3 is 5.97 Å². The number of rotatable bonds is 5. The minimum absolute atomic E-state index is 0.691. The van der Waals surface area contributed by atoms with E-state index in [9.17, 15) is 4.79 Å². The molecule has 0 aliphatic heterocycles. The van der Waals surface area contributed by atoms with Crippen molar-refractivity contribution >= 4 is 12.0 Å². The lowest BCUT2D eigenvalue weighted by molar-refractivity contribution is -0.131. The van der Waals surface area contributed by atoms with Gasteiger partial charge in [0.2, 0.25) is 0 Å². The molecule has 0 bridgehead atoms. The van der Waals surface area contributed by atoms with Gasteiger partial charge in [0, 0.05) is 24.5 Å². The number of nitrogens with zero attached hydrogens (tertiary/aromatic N) is 1. The van der Waals surface area contributed by atoms with Crippen molar-refractivity contribution in [3.8, 4) is 5.75 Å². The minimum atomic E-state index is -0.947. The van der Waals surface area contributed by atoms with Gasteiger partial charge in [0.15, 0.2) is 0 Å². The van der Waals surface area contributed by atoms with Crippen molar-refractivity contribution in [3.05, 3.63) is 59.9 Å². The zero-order chi connectivity index (χ0) is 13.7. The van der Waals surface area contributed by atoms with Gasteiger partial charge < -0.3 is 14.4 Å². The lowest BCUT2D eigenvalue weighted by atomic mass is 10.2. The summed E-state index contributed by atoms with van der Waals surface area (Å²) in [5.74, 6) is -0.126. The SMILES string of the molecule is COc1ccc(Cn2cccc2C=CC(=O)O)cc1. The second-order valence-corrected chi connectivity index (χ2v) is 4.08. The Morgan fingerprint density at radius 3 is 2.68 bits per heavy atom. The van der Waals surface area contributed by atoms with Crippen molar-refractivity contribution in [3.63, 3.8) is 0 Å². The van der Waals surface area contributed by atoms with E-state index in [0.29, 0.717) is 6.54 Å². The van der Waals surface area contributed by atoms with Crippen LogP contribution in [-0.2, 0) is 11.3 Å². The van der Waals surface area contributed by atoms with E-state index in [2.05, 4.69) is 0 Å². The summed E-state index contributed by atoms with van der Waals surface area (Å²) >= 11 is 0. The van der Waals surface area contributed by atoms with Gasteiger partial charge in [0.05, 0.1) is 7.11 Å². The van der Waals surface area contributed by atoms with Crippen LogP contribution in [0.3, 0.4) is 0 Å². The molecule has 0 saturated heterocycles. The molecule has 0 unspecified atom stereocenters. The molecule has 4 nitrogen and oxygen atoms in total. The van der Waals surface area contributed by atoms with Crippen molar-refractivity contribution < 1.29 is 14.6 Å². The molecule has 0 amide bonds. The maximum absolute atomic E-state index is 10.5. The van der Waals surface area contributed by atoms with Gasteiger partial charge in [-0.2, -0.15) is 0 Å². The van der Waals surface area contributed by atoms with Crippen LogP contribution < -0.4 is 4.74 Å². The van der Waals surface area contributed by atoms with Gasteiger partial charge in [-0.15, -0.1) is 0 Å². The average molecular weight is 257 g/mol. The van der Waals surface area contributed by atoms with Crippen LogP contribution in [0.4, 0.5) is 0 Å². The van der Waals surface area contributed by atoms with Gasteiger partial charge in [-0.3, -0.25) is 0 Å². The van der Waals surface area contributed by atoms with E-state index in [-0.39, 0.29) is 0 Å².